The summed E-state index contributed by atoms with van der Waals surface area (Å²) in [4.78, 5) is 11.1. The number of benzene rings is 1. The van der Waals surface area contributed by atoms with Crippen LogP contribution < -0.4 is 5.32 Å². The molecule has 1 atom stereocenters. The van der Waals surface area contributed by atoms with Gasteiger partial charge in [0.05, 0.1) is 6.61 Å². The summed E-state index contributed by atoms with van der Waals surface area (Å²) in [5.41, 5.74) is 1.19. The summed E-state index contributed by atoms with van der Waals surface area (Å²) in [6.07, 6.45) is 1.26. The number of hydrogen-bond donors (Lipinski definition) is 2. The van der Waals surface area contributed by atoms with Gasteiger partial charge in [-0.25, -0.2) is 0 Å². The van der Waals surface area contributed by atoms with Crippen molar-refractivity contribution in [2.24, 2.45) is 0 Å². The fourth-order valence-electron chi connectivity index (χ4n) is 1.83. The van der Waals surface area contributed by atoms with Gasteiger partial charge in [-0.1, -0.05) is 19.1 Å². The first-order valence-corrected chi connectivity index (χ1v) is 6.78. The normalized spacial score (nSPS) is 12.1. The molecule has 2 N–H and O–H groups in total. The van der Waals surface area contributed by atoms with Crippen LogP contribution in [0.4, 0.5) is 0 Å². The third kappa shape index (κ3) is 6.25. The highest BCUT2D eigenvalue weighted by Gasteiger charge is 2.05. The van der Waals surface area contributed by atoms with Crippen LogP contribution in [0.2, 0.25) is 0 Å². The van der Waals surface area contributed by atoms with Crippen LogP contribution >= 0.6 is 0 Å². The second-order valence-electron chi connectivity index (χ2n) is 4.61. The molecule has 1 rings (SSSR count). The van der Waals surface area contributed by atoms with Gasteiger partial charge in [-0.3, -0.25) is 4.79 Å². The Morgan fingerprint density at radius 2 is 2.05 bits per heavy atom. The van der Waals surface area contributed by atoms with E-state index in [2.05, 4.69) is 12.2 Å². The molecule has 1 aromatic rings. The van der Waals surface area contributed by atoms with Gasteiger partial charge in [-0.05, 0) is 43.5 Å². The maximum Gasteiger partial charge on any atom is 0.305 e. The van der Waals surface area contributed by atoms with Crippen LogP contribution in [0.1, 0.15) is 38.2 Å². The maximum atomic E-state index is 11.1. The van der Waals surface area contributed by atoms with E-state index in [4.69, 9.17) is 4.74 Å². The molecular weight excluding hydrogens is 242 g/mol. The van der Waals surface area contributed by atoms with E-state index in [1.54, 1.807) is 12.1 Å². The van der Waals surface area contributed by atoms with Crippen molar-refractivity contribution in [1.29, 1.82) is 0 Å². The lowest BCUT2D eigenvalue weighted by Gasteiger charge is -2.13. The highest BCUT2D eigenvalue weighted by atomic mass is 16.5. The van der Waals surface area contributed by atoms with Crippen LogP contribution in [-0.4, -0.2) is 30.8 Å². The van der Waals surface area contributed by atoms with Crippen LogP contribution in [0, 0.1) is 0 Å². The van der Waals surface area contributed by atoms with Crippen molar-refractivity contribution < 1.29 is 14.6 Å². The number of phenols is 1. The zero-order chi connectivity index (χ0) is 14.1. The Labute approximate surface area is 114 Å². The molecule has 0 aliphatic rings. The van der Waals surface area contributed by atoms with E-state index in [0.717, 1.165) is 19.5 Å². The molecule has 1 unspecified atom stereocenters. The van der Waals surface area contributed by atoms with E-state index < -0.39 is 0 Å². The van der Waals surface area contributed by atoms with Gasteiger partial charge in [-0.2, -0.15) is 0 Å². The molecule has 4 heteroatoms. The zero-order valence-electron chi connectivity index (χ0n) is 11.7. The maximum absolute atomic E-state index is 11.1. The largest absolute Gasteiger partial charge is 0.508 e. The van der Waals surface area contributed by atoms with Crippen LogP contribution in [0.15, 0.2) is 24.3 Å². The number of nitrogens with one attached hydrogen (secondary N) is 1. The average Bonchev–Trinajstić information content (AvgIpc) is 2.39. The summed E-state index contributed by atoms with van der Waals surface area (Å²) in [7, 11) is 0. The van der Waals surface area contributed by atoms with Gasteiger partial charge in [0.25, 0.3) is 0 Å². The van der Waals surface area contributed by atoms with Gasteiger partial charge in [0.2, 0.25) is 0 Å². The van der Waals surface area contributed by atoms with Crippen LogP contribution in [-0.2, 0) is 9.53 Å². The molecule has 4 nitrogen and oxygen atoms in total. The minimum Gasteiger partial charge on any atom is -0.508 e. The Balaban J connectivity index is 2.15. The summed E-state index contributed by atoms with van der Waals surface area (Å²) in [6.45, 7) is 6.05. The number of esters is 1. The Kier molecular flexibility index (Phi) is 6.97. The summed E-state index contributed by atoms with van der Waals surface area (Å²) in [6, 6.07) is 7.26. The summed E-state index contributed by atoms with van der Waals surface area (Å²) in [5, 5.41) is 12.5. The molecule has 0 spiro atoms. The van der Waals surface area contributed by atoms with Gasteiger partial charge in [0.1, 0.15) is 5.75 Å². The van der Waals surface area contributed by atoms with Gasteiger partial charge >= 0.3 is 5.97 Å². The lowest BCUT2D eigenvalue weighted by molar-refractivity contribution is -0.143. The molecule has 0 fully saturated rings. The van der Waals surface area contributed by atoms with E-state index in [9.17, 15) is 9.90 Å². The second-order valence-corrected chi connectivity index (χ2v) is 4.61. The molecule has 0 bridgehead atoms. The first-order valence-electron chi connectivity index (χ1n) is 6.78. The van der Waals surface area contributed by atoms with E-state index in [1.807, 2.05) is 19.1 Å². The molecule has 0 aliphatic carbocycles. The number of hydrogen-bond acceptors (Lipinski definition) is 4. The Morgan fingerprint density at radius 1 is 1.37 bits per heavy atom. The fraction of sp³-hybridized carbons (Fsp3) is 0.533. The quantitative estimate of drug-likeness (QED) is 0.560. The molecule has 0 saturated heterocycles. The highest BCUT2D eigenvalue weighted by Crippen LogP contribution is 2.17. The van der Waals surface area contributed by atoms with Crippen molar-refractivity contribution in [3.63, 3.8) is 0 Å². The monoisotopic (exact) mass is 265 g/mol. The molecule has 0 radical (unpaired) electrons. The zero-order valence-corrected chi connectivity index (χ0v) is 11.7. The predicted octanol–water partition coefficient (Wildman–Crippen LogP) is 2.43. The van der Waals surface area contributed by atoms with Crippen molar-refractivity contribution in [2.75, 3.05) is 19.7 Å². The van der Waals surface area contributed by atoms with Gasteiger partial charge < -0.3 is 15.2 Å². The van der Waals surface area contributed by atoms with Crippen molar-refractivity contribution in [1.82, 2.24) is 5.32 Å². The smallest absolute Gasteiger partial charge is 0.305 e. The summed E-state index contributed by atoms with van der Waals surface area (Å²) < 4.78 is 4.86. The molecule has 19 heavy (non-hydrogen) atoms. The number of carbonyl (C=O) groups excluding carboxylic acids is 1. The van der Waals surface area contributed by atoms with Crippen LogP contribution in [0.25, 0.3) is 0 Å². The average molecular weight is 265 g/mol. The molecule has 0 heterocycles. The van der Waals surface area contributed by atoms with Gasteiger partial charge in [-0.15, -0.1) is 0 Å². The minimum atomic E-state index is -0.129. The fourth-order valence-corrected chi connectivity index (χ4v) is 1.83. The molecule has 0 aromatic heterocycles. The minimum absolute atomic E-state index is 0.129. The Hall–Kier alpha value is -1.55. The van der Waals surface area contributed by atoms with E-state index in [-0.39, 0.29) is 5.97 Å². The van der Waals surface area contributed by atoms with Crippen LogP contribution in [0.3, 0.4) is 0 Å². The predicted molar refractivity (Wildman–Crippen MR) is 75.3 cm³/mol. The standard InChI is InChI=1S/C15H23NO3/c1-3-19-15(18)5-4-10-16-11-12(2)13-6-8-14(17)9-7-13/h6-9,12,16-17H,3-5,10-11H2,1-2H3. The highest BCUT2D eigenvalue weighted by molar-refractivity contribution is 5.69. The molecule has 0 aliphatic heterocycles. The van der Waals surface area contributed by atoms with E-state index >= 15 is 0 Å². The molecule has 1 aromatic carbocycles. The second kappa shape index (κ2) is 8.53. The third-order valence-electron chi connectivity index (χ3n) is 2.95. The molecule has 0 saturated carbocycles. The van der Waals surface area contributed by atoms with Crippen LogP contribution in [0.5, 0.6) is 5.75 Å². The van der Waals surface area contributed by atoms with Crippen molar-refractivity contribution in [3.8, 4) is 5.75 Å². The number of ether oxygens (including phenoxy) is 1. The van der Waals surface area contributed by atoms with Crippen molar-refractivity contribution in [2.45, 2.75) is 32.6 Å². The van der Waals surface area contributed by atoms with Gasteiger partial charge in [0, 0.05) is 13.0 Å². The van der Waals surface area contributed by atoms with E-state index in [0.29, 0.717) is 24.7 Å². The molecule has 0 amide bonds. The van der Waals surface area contributed by atoms with Crippen molar-refractivity contribution >= 4 is 5.97 Å². The topological polar surface area (TPSA) is 58.6 Å². The first kappa shape index (κ1) is 15.5. The lowest BCUT2D eigenvalue weighted by atomic mass is 10.0. The summed E-state index contributed by atoms with van der Waals surface area (Å²) in [5.74, 6) is 0.539. The number of carbonyl (C=O) groups is 1. The third-order valence-corrected chi connectivity index (χ3v) is 2.95. The lowest BCUT2D eigenvalue weighted by Crippen LogP contribution is -2.22. The Bertz CT molecular complexity index is 375. The number of phenolic OH excluding ortho intramolecular Hbond substituents is 1. The summed E-state index contributed by atoms with van der Waals surface area (Å²) >= 11 is 0. The molecule has 106 valence electrons. The van der Waals surface area contributed by atoms with E-state index in [1.165, 1.54) is 5.56 Å². The van der Waals surface area contributed by atoms with Gasteiger partial charge in [0.15, 0.2) is 0 Å². The van der Waals surface area contributed by atoms with Crippen molar-refractivity contribution in [3.05, 3.63) is 29.8 Å². The SMILES string of the molecule is CCOC(=O)CCCNCC(C)c1ccc(O)cc1. The number of rotatable bonds is 8. The number of aromatic hydroxyl groups is 1. The molecular formula is C15H23NO3. The first-order chi connectivity index (χ1) is 9.13. The Morgan fingerprint density at radius 3 is 2.68 bits per heavy atom.